The molecule has 0 bridgehead atoms. The van der Waals surface area contributed by atoms with Crippen LogP contribution in [0.3, 0.4) is 0 Å². The third-order valence-electron chi connectivity index (χ3n) is 2.34. The Balaban J connectivity index is 0.00000128. The summed E-state index contributed by atoms with van der Waals surface area (Å²) in [5.41, 5.74) is 3.03. The van der Waals surface area contributed by atoms with Gasteiger partial charge in [-0.3, -0.25) is 0 Å². The first-order valence-electron chi connectivity index (χ1n) is 5.24. The average molecular weight is 435 g/mol. The van der Waals surface area contributed by atoms with Crippen LogP contribution in [0.4, 0.5) is 0 Å². The molecule has 0 aromatic heterocycles. The standard InChI is InChI=1S/2C7H7.2BrH.Zr/c2*1-7-5-3-2-4-6-7;;;/h2*2-6H,1H2;2*1H;. The van der Waals surface area contributed by atoms with Gasteiger partial charge >= 0.3 is 103 Å². The number of rotatable bonds is 4. The first-order valence-corrected chi connectivity index (χ1v) is 8.71. The first kappa shape index (κ1) is 17.3. The molecule has 0 N–H and O–H groups in total. The third-order valence-corrected chi connectivity index (χ3v) is 5.58. The predicted molar refractivity (Wildman–Crippen MR) is 80.9 cm³/mol. The van der Waals surface area contributed by atoms with Gasteiger partial charge in [-0.05, 0) is 0 Å². The maximum atomic E-state index is 2.24. The summed E-state index contributed by atoms with van der Waals surface area (Å²) < 4.78 is 2.69. The molecular formula is C14H16Br2Zr. The predicted octanol–water partition coefficient (Wildman–Crippen LogP) is 4.63. The second kappa shape index (κ2) is 10.2. The molecule has 0 radical (unpaired) electrons. The summed E-state index contributed by atoms with van der Waals surface area (Å²) in [6.45, 7) is 0. The van der Waals surface area contributed by atoms with Gasteiger partial charge in [0, 0.05) is 0 Å². The van der Waals surface area contributed by atoms with Crippen molar-refractivity contribution in [1.82, 2.24) is 0 Å². The fourth-order valence-corrected chi connectivity index (χ4v) is 4.43. The van der Waals surface area contributed by atoms with E-state index >= 15 is 0 Å². The zero-order chi connectivity index (χ0) is 10.3. The Hall–Kier alpha value is 0.283. The van der Waals surface area contributed by atoms with Crippen molar-refractivity contribution in [2.24, 2.45) is 0 Å². The van der Waals surface area contributed by atoms with Gasteiger partial charge in [0.05, 0.1) is 0 Å². The molecule has 0 aliphatic heterocycles. The third kappa shape index (κ3) is 6.69. The van der Waals surface area contributed by atoms with Gasteiger partial charge in [0.2, 0.25) is 0 Å². The SMILES string of the molecule is Br.Br.c1ccc([CH2][Zr][CH2]c2ccccc2)cc1. The van der Waals surface area contributed by atoms with E-state index in [2.05, 4.69) is 60.7 Å². The van der Waals surface area contributed by atoms with E-state index in [1.165, 1.54) is 19.4 Å². The van der Waals surface area contributed by atoms with Gasteiger partial charge in [0.15, 0.2) is 0 Å². The number of hydrogen-bond acceptors (Lipinski definition) is 0. The van der Waals surface area contributed by atoms with Gasteiger partial charge in [-0.2, -0.15) is 0 Å². The molecule has 0 atom stereocenters. The Labute approximate surface area is 136 Å². The number of halogens is 2. The van der Waals surface area contributed by atoms with E-state index < -0.39 is 0 Å². The average Bonchev–Trinajstić information content (AvgIpc) is 2.32. The molecule has 17 heavy (non-hydrogen) atoms. The normalized spacial score (nSPS) is 8.71. The molecule has 0 amide bonds. The number of benzene rings is 2. The zero-order valence-electron chi connectivity index (χ0n) is 9.50. The molecule has 90 valence electrons. The van der Waals surface area contributed by atoms with Crippen LogP contribution in [0.25, 0.3) is 0 Å². The monoisotopic (exact) mass is 432 g/mol. The van der Waals surface area contributed by atoms with Gasteiger partial charge in [-0.1, -0.05) is 0 Å². The van der Waals surface area contributed by atoms with Crippen LogP contribution in [-0.4, -0.2) is 0 Å². The first-order chi connectivity index (χ1) is 7.45. The maximum absolute atomic E-state index is 2.24. The molecule has 0 saturated carbocycles. The molecular weight excluding hydrogens is 419 g/mol. The summed E-state index contributed by atoms with van der Waals surface area (Å²) in [6, 6.07) is 21.7. The van der Waals surface area contributed by atoms with Crippen molar-refractivity contribution in [1.29, 1.82) is 0 Å². The van der Waals surface area contributed by atoms with Crippen LogP contribution in [0, 0.1) is 0 Å². The summed E-state index contributed by atoms with van der Waals surface area (Å²) >= 11 is -0.258. The summed E-state index contributed by atoms with van der Waals surface area (Å²) in [6.07, 6.45) is 0. The van der Waals surface area contributed by atoms with E-state index in [9.17, 15) is 0 Å². The summed E-state index contributed by atoms with van der Waals surface area (Å²) in [5, 5.41) is 0. The van der Waals surface area contributed by atoms with Crippen molar-refractivity contribution in [3.05, 3.63) is 71.8 Å². The molecule has 0 spiro atoms. The number of hydrogen-bond donors (Lipinski definition) is 0. The van der Waals surface area contributed by atoms with Gasteiger partial charge in [0.25, 0.3) is 0 Å². The quantitative estimate of drug-likeness (QED) is 0.658. The van der Waals surface area contributed by atoms with Gasteiger partial charge in [0.1, 0.15) is 0 Å². The van der Waals surface area contributed by atoms with Crippen molar-refractivity contribution in [2.75, 3.05) is 0 Å². The molecule has 0 heterocycles. The summed E-state index contributed by atoms with van der Waals surface area (Å²) in [7, 11) is 0. The van der Waals surface area contributed by atoms with Crippen LogP contribution in [0.15, 0.2) is 60.7 Å². The van der Waals surface area contributed by atoms with Gasteiger partial charge < -0.3 is 0 Å². The van der Waals surface area contributed by atoms with Crippen LogP contribution >= 0.6 is 34.0 Å². The van der Waals surface area contributed by atoms with E-state index in [1.807, 2.05) is 0 Å². The Kier molecular flexibility index (Phi) is 10.4. The zero-order valence-corrected chi connectivity index (χ0v) is 15.4. The fraction of sp³-hybridized carbons (Fsp3) is 0.143. The second-order valence-electron chi connectivity index (χ2n) is 3.57. The van der Waals surface area contributed by atoms with Crippen LogP contribution in [0.5, 0.6) is 0 Å². The summed E-state index contributed by atoms with van der Waals surface area (Å²) in [5.74, 6) is 0. The van der Waals surface area contributed by atoms with Crippen LogP contribution in [0.2, 0.25) is 0 Å². The van der Waals surface area contributed by atoms with E-state index in [1.54, 1.807) is 0 Å². The second-order valence-corrected chi connectivity index (χ2v) is 6.54. The molecule has 0 aliphatic carbocycles. The molecule has 0 saturated heterocycles. The van der Waals surface area contributed by atoms with Crippen molar-refractivity contribution >= 4 is 34.0 Å². The molecule has 0 nitrogen and oxygen atoms in total. The molecule has 2 aromatic carbocycles. The molecule has 0 unspecified atom stereocenters. The topological polar surface area (TPSA) is 0 Å². The van der Waals surface area contributed by atoms with E-state index in [4.69, 9.17) is 0 Å². The minimum absolute atomic E-state index is 0. The van der Waals surface area contributed by atoms with Crippen molar-refractivity contribution in [3.8, 4) is 0 Å². The van der Waals surface area contributed by atoms with Gasteiger partial charge in [-0.25, -0.2) is 0 Å². The van der Waals surface area contributed by atoms with Crippen LogP contribution < -0.4 is 0 Å². The Morgan fingerprint density at radius 3 is 1.29 bits per heavy atom. The van der Waals surface area contributed by atoms with Crippen LogP contribution in [0.1, 0.15) is 11.1 Å². The molecule has 2 aromatic rings. The summed E-state index contributed by atoms with van der Waals surface area (Å²) in [4.78, 5) is 0. The molecule has 3 heteroatoms. The van der Waals surface area contributed by atoms with E-state index in [0.29, 0.717) is 0 Å². The Morgan fingerprint density at radius 2 is 0.941 bits per heavy atom. The van der Waals surface area contributed by atoms with E-state index in [0.717, 1.165) is 0 Å². The Bertz CT molecular complexity index is 350. The minimum atomic E-state index is -0.258. The van der Waals surface area contributed by atoms with Crippen molar-refractivity contribution < 1.29 is 23.2 Å². The van der Waals surface area contributed by atoms with E-state index in [-0.39, 0.29) is 57.2 Å². The van der Waals surface area contributed by atoms with Crippen molar-refractivity contribution in [2.45, 2.75) is 8.26 Å². The van der Waals surface area contributed by atoms with Crippen molar-refractivity contribution in [3.63, 3.8) is 0 Å². The Morgan fingerprint density at radius 1 is 0.588 bits per heavy atom. The van der Waals surface area contributed by atoms with Gasteiger partial charge in [-0.15, -0.1) is 34.0 Å². The molecule has 2 rings (SSSR count). The van der Waals surface area contributed by atoms with Crippen LogP contribution in [-0.2, 0) is 31.5 Å². The molecule has 0 aliphatic rings. The fourth-order valence-electron chi connectivity index (χ4n) is 1.54. The molecule has 0 fully saturated rings.